The summed E-state index contributed by atoms with van der Waals surface area (Å²) in [5.41, 5.74) is 0. The summed E-state index contributed by atoms with van der Waals surface area (Å²) in [5.74, 6) is 0. The zero-order valence-corrected chi connectivity index (χ0v) is 30.5. The average Bonchev–Trinajstić information content (AvgIpc) is 3.25. The molecule has 0 saturated carbocycles. The topological polar surface area (TPSA) is 0 Å². The highest BCUT2D eigenvalue weighted by Crippen LogP contribution is 2.09. The molecule has 60 heavy (non-hydrogen) atoms. The van der Waals surface area contributed by atoms with Crippen LogP contribution in [0, 0.1) is 291 Å². The Labute approximate surface area is 358 Å². The number of rotatable bonds is 0. The van der Waals surface area contributed by atoms with Gasteiger partial charge in [0.1, 0.15) is 0 Å². The van der Waals surface area contributed by atoms with Crippen molar-refractivity contribution in [3.05, 3.63) is 328 Å². The third-order valence-corrected chi connectivity index (χ3v) is 5.54. The van der Waals surface area contributed by atoms with E-state index in [2.05, 4.69) is 291 Å². The van der Waals surface area contributed by atoms with Gasteiger partial charge in [-0.1, -0.05) is 36.4 Å². The smallest absolute Gasteiger partial charge is 0.0280 e. The lowest BCUT2D eigenvalue weighted by Gasteiger charge is -1.86. The maximum atomic E-state index is 2.96. The SMILES string of the molecule is c1c#cc#cc#cc#cc2cc3c#cc#cc#cc#cc#cc#cc#cc#cc4cc(c#cc#cc#cc#1)cc(c#cc#cc#cc#cc#cc#cc#cc#cc(c2)c3)c4. The van der Waals surface area contributed by atoms with Crippen molar-refractivity contribution in [3.63, 3.8) is 0 Å². The number of fused-ring (bicyclic) bond motifs is 21. The summed E-state index contributed by atoms with van der Waals surface area (Å²) in [4.78, 5) is 0. The minimum atomic E-state index is 0.599. The highest BCUT2D eigenvalue weighted by molar-refractivity contribution is 5.76. The largest absolute Gasteiger partial charge is 0.0527 e. The van der Waals surface area contributed by atoms with Crippen LogP contribution in [0.2, 0.25) is 0 Å². The summed E-state index contributed by atoms with van der Waals surface area (Å²) in [7, 11) is 0. The minimum Gasteiger partial charge on any atom is -0.0527 e. The number of hydrogen-bond acceptors (Lipinski definition) is 0. The summed E-state index contributed by atoms with van der Waals surface area (Å²) in [6.07, 6.45) is 0. The summed E-state index contributed by atoms with van der Waals surface area (Å²) in [6, 6.07) is 138. The lowest BCUT2D eigenvalue weighted by Crippen LogP contribution is -1.64. The van der Waals surface area contributed by atoms with Crippen LogP contribution >= 0.6 is 0 Å². The van der Waals surface area contributed by atoms with Crippen LogP contribution in [-0.2, 0) is 0 Å². The second kappa shape index (κ2) is 27.5. The van der Waals surface area contributed by atoms with Crippen molar-refractivity contribution in [3.8, 4) is 0 Å². The molecule has 0 heteroatoms. The van der Waals surface area contributed by atoms with Crippen molar-refractivity contribution in [2.24, 2.45) is 0 Å². The van der Waals surface area contributed by atoms with Gasteiger partial charge in [-0.05, 0) is 291 Å². The van der Waals surface area contributed by atoms with Gasteiger partial charge in [-0.15, -0.1) is 0 Å². The highest BCUT2D eigenvalue weighted by atomic mass is 13.9. The Morgan fingerprint density at radius 2 is 0.200 bits per heavy atom. The second-order valence-corrected chi connectivity index (χ2v) is 9.60. The summed E-state index contributed by atoms with van der Waals surface area (Å²) < 4.78 is 0. The monoisotopic (exact) mass is 726 g/mol. The number of benzene rings is 2. The van der Waals surface area contributed by atoms with Crippen LogP contribution < -0.4 is 0 Å². The van der Waals surface area contributed by atoms with E-state index in [1.165, 1.54) is 0 Å². The molecule has 5 aromatic carbocycles. The van der Waals surface area contributed by atoms with E-state index < -0.39 is 0 Å². The Kier molecular flexibility index (Phi) is 18.6. The fraction of sp³-hybridized carbons (Fsp3) is 0. The molecule has 6 bridgehead atoms. The van der Waals surface area contributed by atoms with Crippen LogP contribution in [0.5, 0.6) is 0 Å². The van der Waals surface area contributed by atoms with Crippen LogP contribution in [0.25, 0.3) is 32.3 Å². The molecule has 0 unspecified atom stereocenters. The predicted molar refractivity (Wildman–Crippen MR) is 208 cm³/mol. The molecule has 0 amide bonds. The first-order valence-electron chi connectivity index (χ1n) is 16.2. The van der Waals surface area contributed by atoms with Gasteiger partial charge in [-0.25, -0.2) is 0 Å². The Hall–Kier alpha value is -12.1. The number of hydrogen-bond donors (Lipinski definition) is 0. The van der Waals surface area contributed by atoms with E-state index in [1.54, 1.807) is 36.4 Å². The minimum absolute atomic E-state index is 0.599. The molecule has 0 radical (unpaired) electrons. The van der Waals surface area contributed by atoms with Crippen molar-refractivity contribution >= 4 is 32.3 Å². The maximum absolute atomic E-state index is 2.96. The van der Waals surface area contributed by atoms with E-state index in [-0.39, 0.29) is 0 Å². The highest BCUT2D eigenvalue weighted by Gasteiger charge is 1.87. The molecule has 0 spiro atoms. The summed E-state index contributed by atoms with van der Waals surface area (Å²) in [6.45, 7) is 0. The third kappa shape index (κ3) is 19.5. The lowest BCUT2D eigenvalue weighted by atomic mass is 10.2. The normalized spacial score (nSPS) is 5.80. The maximum Gasteiger partial charge on any atom is 0.0280 e. The van der Waals surface area contributed by atoms with Crippen LogP contribution in [0.3, 0.4) is 0 Å². The molecule has 0 aliphatic carbocycles. The van der Waals surface area contributed by atoms with Gasteiger partial charge in [0, 0.05) is 32.3 Å². The Bertz CT molecular complexity index is 2130. The Morgan fingerprint density at radius 3 is 0.300 bits per heavy atom. The van der Waals surface area contributed by atoms with Gasteiger partial charge in [0.15, 0.2) is 0 Å². The molecule has 5 rings (SSSR count). The van der Waals surface area contributed by atoms with Crippen molar-refractivity contribution in [2.45, 2.75) is 0 Å². The van der Waals surface area contributed by atoms with Gasteiger partial charge in [0.2, 0.25) is 0 Å². The van der Waals surface area contributed by atoms with Crippen LogP contribution in [0.4, 0.5) is 0 Å². The molecule has 0 N–H and O–H groups in total. The fourth-order valence-corrected chi connectivity index (χ4v) is 3.43. The van der Waals surface area contributed by atoms with Crippen LogP contribution in [0.15, 0.2) is 36.4 Å². The lowest BCUT2D eigenvalue weighted by molar-refractivity contribution is 1.84. The van der Waals surface area contributed by atoms with Gasteiger partial charge in [-0.3, -0.25) is 0 Å². The van der Waals surface area contributed by atoms with Gasteiger partial charge >= 0.3 is 0 Å². The second-order valence-electron chi connectivity index (χ2n) is 9.60. The molecule has 0 aliphatic heterocycles. The first-order valence-corrected chi connectivity index (χ1v) is 16.2. The molecule has 0 aliphatic rings. The molecular formula is C60H6. The Morgan fingerprint density at radius 1 is 0.117 bits per heavy atom. The molecular weight excluding hydrogens is 721 g/mol. The van der Waals surface area contributed by atoms with E-state index in [9.17, 15) is 0 Å². The standard InChI is InChI=1S/C60H6/c1-2-8-14-20-26-32-38-44-56-51-59-47-41-35-29-23-17-11-5-3-9-15-21-27-33-39-45-57-49-55(43-37-31-25-19-13-7-1)50-58(53-57)46-40-34-28-22-16-10-4-6-12-18-24-30-36-42-48-60(52-56)54-59/h49-54H. The molecule has 0 fully saturated rings. The van der Waals surface area contributed by atoms with E-state index >= 15 is 0 Å². The van der Waals surface area contributed by atoms with Gasteiger partial charge < -0.3 is 0 Å². The third-order valence-electron chi connectivity index (χ3n) is 5.54. The van der Waals surface area contributed by atoms with E-state index in [1.807, 2.05) is 0 Å². The van der Waals surface area contributed by atoms with Crippen molar-refractivity contribution in [1.29, 1.82) is 0 Å². The van der Waals surface area contributed by atoms with Gasteiger partial charge in [0.05, 0.1) is 0 Å². The van der Waals surface area contributed by atoms with Crippen molar-refractivity contribution < 1.29 is 0 Å². The van der Waals surface area contributed by atoms with Crippen LogP contribution in [-0.4, -0.2) is 0 Å². The van der Waals surface area contributed by atoms with Crippen molar-refractivity contribution in [2.75, 3.05) is 0 Å². The zero-order valence-electron chi connectivity index (χ0n) is 30.5. The first kappa shape index (κ1) is 40.6. The molecule has 0 nitrogen and oxygen atoms in total. The molecule has 0 aromatic heterocycles. The zero-order chi connectivity index (χ0) is 41.6. The summed E-state index contributed by atoms with van der Waals surface area (Å²) in [5, 5.41) is 3.59. The quantitative estimate of drug-likeness (QED) is 0.178. The van der Waals surface area contributed by atoms with Crippen molar-refractivity contribution in [1.82, 2.24) is 0 Å². The van der Waals surface area contributed by atoms with E-state index in [0.29, 0.717) is 32.3 Å². The molecule has 5 aromatic rings. The summed E-state index contributed by atoms with van der Waals surface area (Å²) >= 11 is 0. The van der Waals surface area contributed by atoms with Gasteiger partial charge in [-0.2, -0.15) is 0 Å². The molecule has 0 saturated heterocycles. The van der Waals surface area contributed by atoms with E-state index in [4.69, 9.17) is 0 Å². The van der Waals surface area contributed by atoms with Gasteiger partial charge in [0.25, 0.3) is 0 Å². The molecule has 246 valence electrons. The molecule has 0 heterocycles. The average molecular weight is 727 g/mol. The Balaban J connectivity index is 1.89. The molecule has 0 atom stereocenters. The van der Waals surface area contributed by atoms with Crippen LogP contribution in [0.1, 0.15) is 0 Å². The predicted octanol–water partition coefficient (Wildman–Crippen LogP) is 7.36. The first-order chi connectivity index (χ1) is 29.8. The van der Waals surface area contributed by atoms with E-state index in [0.717, 1.165) is 0 Å². The fourth-order valence-electron chi connectivity index (χ4n) is 3.43.